The molecule has 0 saturated heterocycles. The molecule has 104 valence electrons. The number of hydrogen-bond donors (Lipinski definition) is 1. The summed E-state index contributed by atoms with van der Waals surface area (Å²) in [6.45, 7) is 11.4. The molecule has 0 aromatic rings. The van der Waals surface area contributed by atoms with Crippen molar-refractivity contribution in [2.24, 2.45) is 5.92 Å². The van der Waals surface area contributed by atoms with Crippen molar-refractivity contribution < 1.29 is 0 Å². The highest BCUT2D eigenvalue weighted by molar-refractivity contribution is 4.64. The van der Waals surface area contributed by atoms with Crippen molar-refractivity contribution in [3.63, 3.8) is 0 Å². The second-order valence-corrected chi connectivity index (χ2v) is 5.93. The van der Waals surface area contributed by atoms with Crippen molar-refractivity contribution in [3.05, 3.63) is 0 Å². The molecular weight excluding hydrogens is 210 g/mol. The molecule has 0 radical (unpaired) electrons. The fraction of sp³-hybridized carbons (Fsp3) is 1.00. The Morgan fingerprint density at radius 2 is 1.53 bits per heavy atom. The standard InChI is InChI=1S/C14H33N3/c1-13(2)7-8-14(3)15-9-10-17(6)12-11-16(4)5/h13-15H,7-12H2,1-6H3. The average molecular weight is 243 g/mol. The minimum absolute atomic E-state index is 0.652. The van der Waals surface area contributed by atoms with Crippen molar-refractivity contribution in [2.45, 2.75) is 39.7 Å². The van der Waals surface area contributed by atoms with Gasteiger partial charge < -0.3 is 15.1 Å². The van der Waals surface area contributed by atoms with E-state index in [1.807, 2.05) is 0 Å². The molecule has 0 aliphatic heterocycles. The van der Waals surface area contributed by atoms with Gasteiger partial charge in [-0.3, -0.25) is 0 Å². The molecule has 0 rings (SSSR count). The second-order valence-electron chi connectivity index (χ2n) is 5.93. The van der Waals surface area contributed by atoms with Crippen LogP contribution < -0.4 is 5.32 Å². The third-order valence-corrected chi connectivity index (χ3v) is 3.09. The molecule has 17 heavy (non-hydrogen) atoms. The molecule has 0 bridgehead atoms. The Morgan fingerprint density at radius 1 is 0.882 bits per heavy atom. The molecule has 0 amide bonds. The number of hydrogen-bond acceptors (Lipinski definition) is 3. The summed E-state index contributed by atoms with van der Waals surface area (Å²) in [5.74, 6) is 0.821. The summed E-state index contributed by atoms with van der Waals surface area (Å²) >= 11 is 0. The first kappa shape index (κ1) is 16.9. The topological polar surface area (TPSA) is 18.5 Å². The lowest BCUT2D eigenvalue weighted by Gasteiger charge is -2.21. The molecule has 0 aromatic heterocycles. The highest BCUT2D eigenvalue weighted by Gasteiger charge is 2.04. The lowest BCUT2D eigenvalue weighted by atomic mass is 10.0. The van der Waals surface area contributed by atoms with Gasteiger partial charge in [-0.15, -0.1) is 0 Å². The van der Waals surface area contributed by atoms with Gasteiger partial charge in [0.25, 0.3) is 0 Å². The van der Waals surface area contributed by atoms with Crippen LogP contribution >= 0.6 is 0 Å². The molecule has 1 N–H and O–H groups in total. The lowest BCUT2D eigenvalue weighted by Crippen LogP contribution is -2.37. The van der Waals surface area contributed by atoms with Crippen LogP contribution in [0.25, 0.3) is 0 Å². The van der Waals surface area contributed by atoms with E-state index < -0.39 is 0 Å². The molecule has 1 atom stereocenters. The van der Waals surface area contributed by atoms with Crippen LogP contribution in [0.1, 0.15) is 33.6 Å². The SMILES string of the molecule is CC(C)CCC(C)NCCN(C)CCN(C)C. The summed E-state index contributed by atoms with van der Waals surface area (Å²) in [6.07, 6.45) is 2.61. The Hall–Kier alpha value is -0.120. The molecule has 0 saturated carbocycles. The van der Waals surface area contributed by atoms with Crippen molar-refractivity contribution >= 4 is 0 Å². The number of rotatable bonds is 10. The molecule has 0 aliphatic rings. The maximum atomic E-state index is 3.60. The fourth-order valence-corrected chi connectivity index (χ4v) is 1.67. The predicted octanol–water partition coefficient (Wildman–Crippen LogP) is 1.89. The second kappa shape index (κ2) is 9.86. The van der Waals surface area contributed by atoms with E-state index in [1.165, 1.54) is 12.8 Å². The molecule has 0 heterocycles. The van der Waals surface area contributed by atoms with Gasteiger partial charge in [-0.25, -0.2) is 0 Å². The van der Waals surface area contributed by atoms with Crippen molar-refractivity contribution in [3.8, 4) is 0 Å². The highest BCUT2D eigenvalue weighted by atomic mass is 15.2. The van der Waals surface area contributed by atoms with Crippen LogP contribution in [-0.4, -0.2) is 63.2 Å². The van der Waals surface area contributed by atoms with Crippen LogP contribution in [0.4, 0.5) is 0 Å². The normalized spacial score (nSPS) is 13.9. The summed E-state index contributed by atoms with van der Waals surface area (Å²) < 4.78 is 0. The van der Waals surface area contributed by atoms with Gasteiger partial charge in [0.15, 0.2) is 0 Å². The van der Waals surface area contributed by atoms with Crippen LogP contribution in [0.3, 0.4) is 0 Å². The Kier molecular flexibility index (Phi) is 9.79. The first-order valence-electron chi connectivity index (χ1n) is 6.98. The first-order valence-corrected chi connectivity index (χ1v) is 6.98. The van der Waals surface area contributed by atoms with Crippen LogP contribution in [0.2, 0.25) is 0 Å². The van der Waals surface area contributed by atoms with Crippen LogP contribution in [0.5, 0.6) is 0 Å². The Bertz CT molecular complexity index is 151. The van der Waals surface area contributed by atoms with E-state index in [1.54, 1.807) is 0 Å². The van der Waals surface area contributed by atoms with Gasteiger partial charge in [0, 0.05) is 32.2 Å². The summed E-state index contributed by atoms with van der Waals surface area (Å²) in [5, 5.41) is 3.60. The monoisotopic (exact) mass is 243 g/mol. The van der Waals surface area contributed by atoms with E-state index in [4.69, 9.17) is 0 Å². The lowest BCUT2D eigenvalue weighted by molar-refractivity contribution is 0.277. The highest BCUT2D eigenvalue weighted by Crippen LogP contribution is 2.05. The van der Waals surface area contributed by atoms with E-state index in [0.717, 1.165) is 32.1 Å². The summed E-state index contributed by atoms with van der Waals surface area (Å²) in [5.41, 5.74) is 0. The third-order valence-electron chi connectivity index (χ3n) is 3.09. The maximum absolute atomic E-state index is 3.60. The van der Waals surface area contributed by atoms with E-state index in [9.17, 15) is 0 Å². The number of nitrogens with one attached hydrogen (secondary N) is 1. The van der Waals surface area contributed by atoms with Crippen LogP contribution in [0, 0.1) is 5.92 Å². The predicted molar refractivity (Wildman–Crippen MR) is 77.6 cm³/mol. The largest absolute Gasteiger partial charge is 0.313 e. The number of nitrogens with zero attached hydrogens (tertiary/aromatic N) is 2. The van der Waals surface area contributed by atoms with E-state index >= 15 is 0 Å². The Labute approximate surface area is 109 Å². The Balaban J connectivity index is 3.42. The third kappa shape index (κ3) is 12.1. The van der Waals surface area contributed by atoms with Crippen molar-refractivity contribution in [1.29, 1.82) is 0 Å². The van der Waals surface area contributed by atoms with Gasteiger partial charge in [0.1, 0.15) is 0 Å². The fourth-order valence-electron chi connectivity index (χ4n) is 1.67. The zero-order valence-electron chi connectivity index (χ0n) is 12.8. The smallest absolute Gasteiger partial charge is 0.0107 e. The molecular formula is C14H33N3. The molecule has 0 aromatic carbocycles. The van der Waals surface area contributed by atoms with Crippen molar-refractivity contribution in [2.75, 3.05) is 47.3 Å². The first-order chi connectivity index (χ1) is 7.91. The van der Waals surface area contributed by atoms with Gasteiger partial charge in [0.05, 0.1) is 0 Å². The van der Waals surface area contributed by atoms with E-state index in [0.29, 0.717) is 6.04 Å². The quantitative estimate of drug-likeness (QED) is 0.632. The Morgan fingerprint density at radius 3 is 2.06 bits per heavy atom. The van der Waals surface area contributed by atoms with Crippen LogP contribution in [0.15, 0.2) is 0 Å². The van der Waals surface area contributed by atoms with Gasteiger partial charge in [0.2, 0.25) is 0 Å². The number of likely N-dealkylation sites (N-methyl/N-ethyl adjacent to an activating group) is 2. The zero-order valence-corrected chi connectivity index (χ0v) is 12.8. The molecule has 0 fully saturated rings. The van der Waals surface area contributed by atoms with Gasteiger partial charge >= 0.3 is 0 Å². The molecule has 0 aliphatic carbocycles. The van der Waals surface area contributed by atoms with E-state index in [2.05, 4.69) is 57.0 Å². The molecule has 3 nitrogen and oxygen atoms in total. The maximum Gasteiger partial charge on any atom is 0.0107 e. The minimum Gasteiger partial charge on any atom is -0.313 e. The molecule has 0 spiro atoms. The summed E-state index contributed by atoms with van der Waals surface area (Å²) in [4.78, 5) is 4.62. The van der Waals surface area contributed by atoms with E-state index in [-0.39, 0.29) is 0 Å². The molecule has 3 heteroatoms. The van der Waals surface area contributed by atoms with Crippen LogP contribution in [-0.2, 0) is 0 Å². The minimum atomic E-state index is 0.652. The summed E-state index contributed by atoms with van der Waals surface area (Å²) in [6, 6.07) is 0.652. The van der Waals surface area contributed by atoms with Crippen molar-refractivity contribution in [1.82, 2.24) is 15.1 Å². The average Bonchev–Trinajstić information content (AvgIpc) is 2.23. The summed E-state index contributed by atoms with van der Waals surface area (Å²) in [7, 11) is 6.45. The van der Waals surface area contributed by atoms with Gasteiger partial charge in [-0.2, -0.15) is 0 Å². The van der Waals surface area contributed by atoms with Gasteiger partial charge in [-0.1, -0.05) is 13.8 Å². The molecule has 1 unspecified atom stereocenters. The zero-order chi connectivity index (χ0) is 13.3. The van der Waals surface area contributed by atoms with Gasteiger partial charge in [-0.05, 0) is 46.8 Å².